The Hall–Kier alpha value is -3.52. The van der Waals surface area contributed by atoms with E-state index in [1.54, 1.807) is 24.3 Å². The van der Waals surface area contributed by atoms with Gasteiger partial charge in [0.2, 0.25) is 0 Å². The number of para-hydroxylation sites is 1. The Bertz CT molecular complexity index is 965. The first-order valence-corrected chi connectivity index (χ1v) is 7.49. The molecule has 3 rings (SSSR count). The fraction of sp³-hybridized carbons (Fsp3) is 0.0588. The topological polar surface area (TPSA) is 126 Å². The minimum Gasteiger partial charge on any atom is -0.306 e. The van der Waals surface area contributed by atoms with E-state index in [9.17, 15) is 9.59 Å². The summed E-state index contributed by atoms with van der Waals surface area (Å²) in [5, 5.41) is 10.7. The van der Waals surface area contributed by atoms with E-state index < -0.39 is 6.03 Å². The Kier molecular flexibility index (Phi) is 4.53. The van der Waals surface area contributed by atoms with Gasteiger partial charge < -0.3 is 10.3 Å². The lowest BCUT2D eigenvalue weighted by Gasteiger charge is -2.10. The van der Waals surface area contributed by atoms with Crippen LogP contribution in [-0.2, 0) is 0 Å². The van der Waals surface area contributed by atoms with Crippen molar-refractivity contribution in [2.24, 2.45) is 5.84 Å². The predicted molar refractivity (Wildman–Crippen MR) is 94.6 cm³/mol. The van der Waals surface area contributed by atoms with Gasteiger partial charge in [0.25, 0.3) is 5.56 Å². The molecule has 0 fully saturated rings. The third kappa shape index (κ3) is 3.54. The molecule has 0 atom stereocenters. The summed E-state index contributed by atoms with van der Waals surface area (Å²) >= 11 is 0. The Morgan fingerprint density at radius 2 is 1.80 bits per heavy atom. The number of hydrogen-bond acceptors (Lipinski definition) is 5. The Morgan fingerprint density at radius 3 is 2.48 bits per heavy atom. The number of hydrogen-bond donors (Lipinski definition) is 4. The van der Waals surface area contributed by atoms with Gasteiger partial charge in [0.1, 0.15) is 0 Å². The summed E-state index contributed by atoms with van der Waals surface area (Å²) in [5.41, 5.74) is 4.57. The number of urea groups is 1. The summed E-state index contributed by atoms with van der Waals surface area (Å²) in [4.78, 5) is 26.6. The van der Waals surface area contributed by atoms with Crippen molar-refractivity contribution < 1.29 is 4.79 Å². The molecule has 0 saturated carbocycles. The van der Waals surface area contributed by atoms with Crippen molar-refractivity contribution in [2.45, 2.75) is 6.92 Å². The van der Waals surface area contributed by atoms with E-state index in [4.69, 9.17) is 5.84 Å². The summed E-state index contributed by atoms with van der Waals surface area (Å²) in [7, 11) is 0. The maximum absolute atomic E-state index is 12.4. The zero-order valence-electron chi connectivity index (χ0n) is 13.4. The summed E-state index contributed by atoms with van der Waals surface area (Å²) in [6, 6.07) is 13.7. The molecule has 3 aromatic rings. The number of hydrazine groups is 1. The molecule has 0 aliphatic heterocycles. The molecule has 0 aliphatic rings. The minimum absolute atomic E-state index is 0.230. The second-order valence-electron chi connectivity index (χ2n) is 5.36. The number of amides is 2. The second-order valence-corrected chi connectivity index (χ2v) is 5.36. The summed E-state index contributed by atoms with van der Waals surface area (Å²) in [6.45, 7) is 1.96. The molecular weight excluding hydrogens is 320 g/mol. The molecule has 8 nitrogen and oxygen atoms in total. The summed E-state index contributed by atoms with van der Waals surface area (Å²) in [6.07, 6.45) is 0. The Morgan fingerprint density at radius 1 is 1.08 bits per heavy atom. The van der Waals surface area contributed by atoms with E-state index >= 15 is 0 Å². The van der Waals surface area contributed by atoms with E-state index in [-0.39, 0.29) is 17.1 Å². The van der Waals surface area contributed by atoms with Crippen LogP contribution in [0.3, 0.4) is 0 Å². The molecule has 0 spiro atoms. The lowest BCUT2D eigenvalue weighted by molar-refractivity contribution is 0.252. The van der Waals surface area contributed by atoms with Gasteiger partial charge in [-0.25, -0.2) is 10.6 Å². The summed E-state index contributed by atoms with van der Waals surface area (Å²) in [5.74, 6) is 5.32. The highest BCUT2D eigenvalue weighted by Crippen LogP contribution is 2.24. The SMILES string of the molecule is Cc1ccc(-c2nnc(-c3ccccc3NC(=O)NN)[nH]c2=O)cc1. The van der Waals surface area contributed by atoms with Crippen LogP contribution in [0.25, 0.3) is 22.6 Å². The standard InChI is InChI=1S/C17H16N6O2/c1-10-6-8-11(9-7-10)14-16(24)20-15(23-22-14)12-4-2-3-5-13(12)19-17(25)21-18/h2-9H,18H2,1H3,(H2,19,21,25)(H,20,23,24). The van der Waals surface area contributed by atoms with Crippen molar-refractivity contribution in [1.29, 1.82) is 0 Å². The molecule has 8 heteroatoms. The number of aryl methyl sites for hydroxylation is 1. The van der Waals surface area contributed by atoms with Crippen LogP contribution in [0.15, 0.2) is 53.3 Å². The highest BCUT2D eigenvalue weighted by molar-refractivity contribution is 5.93. The number of carbonyl (C=O) groups is 1. The van der Waals surface area contributed by atoms with E-state index in [2.05, 4.69) is 20.5 Å². The molecular formula is C17H16N6O2. The van der Waals surface area contributed by atoms with Gasteiger partial charge in [-0.15, -0.1) is 10.2 Å². The molecule has 2 amide bonds. The van der Waals surface area contributed by atoms with Crippen molar-refractivity contribution in [3.8, 4) is 22.6 Å². The maximum Gasteiger partial charge on any atom is 0.333 e. The molecule has 25 heavy (non-hydrogen) atoms. The number of benzene rings is 2. The van der Waals surface area contributed by atoms with E-state index in [1.807, 2.05) is 36.6 Å². The van der Waals surface area contributed by atoms with Gasteiger partial charge in [-0.1, -0.05) is 42.0 Å². The zero-order chi connectivity index (χ0) is 17.8. The van der Waals surface area contributed by atoms with Gasteiger partial charge in [-0.2, -0.15) is 0 Å². The predicted octanol–water partition coefficient (Wildman–Crippen LogP) is 1.80. The van der Waals surface area contributed by atoms with Crippen LogP contribution in [-0.4, -0.2) is 21.2 Å². The molecule has 0 bridgehead atoms. The van der Waals surface area contributed by atoms with Gasteiger partial charge >= 0.3 is 6.03 Å². The molecule has 0 radical (unpaired) electrons. The van der Waals surface area contributed by atoms with Gasteiger partial charge in [-0.3, -0.25) is 10.2 Å². The average Bonchev–Trinajstić information content (AvgIpc) is 2.63. The van der Waals surface area contributed by atoms with Gasteiger partial charge in [0, 0.05) is 11.1 Å². The number of nitrogens with zero attached hydrogens (tertiary/aromatic N) is 2. The third-order valence-electron chi connectivity index (χ3n) is 3.58. The van der Waals surface area contributed by atoms with Crippen LogP contribution in [0.4, 0.5) is 10.5 Å². The van der Waals surface area contributed by atoms with Crippen molar-refractivity contribution >= 4 is 11.7 Å². The number of aromatic nitrogens is 3. The monoisotopic (exact) mass is 336 g/mol. The third-order valence-corrected chi connectivity index (χ3v) is 3.58. The molecule has 2 aromatic carbocycles. The van der Waals surface area contributed by atoms with Gasteiger partial charge in [0.05, 0.1) is 5.69 Å². The highest BCUT2D eigenvalue weighted by Gasteiger charge is 2.12. The quantitative estimate of drug-likeness (QED) is 0.330. The lowest BCUT2D eigenvalue weighted by Crippen LogP contribution is -2.34. The number of anilines is 1. The molecule has 5 N–H and O–H groups in total. The summed E-state index contributed by atoms with van der Waals surface area (Å²) < 4.78 is 0. The van der Waals surface area contributed by atoms with E-state index in [0.29, 0.717) is 16.8 Å². The number of nitrogens with one attached hydrogen (secondary N) is 3. The van der Waals surface area contributed by atoms with Gasteiger partial charge in [0.15, 0.2) is 11.5 Å². The number of rotatable bonds is 3. The van der Waals surface area contributed by atoms with Crippen LogP contribution in [0.1, 0.15) is 5.56 Å². The second kappa shape index (κ2) is 6.93. The zero-order valence-corrected chi connectivity index (χ0v) is 13.4. The highest BCUT2D eigenvalue weighted by atomic mass is 16.2. The number of carbonyl (C=O) groups excluding carboxylic acids is 1. The first-order chi connectivity index (χ1) is 12.1. The normalized spacial score (nSPS) is 10.3. The minimum atomic E-state index is -0.584. The molecule has 0 saturated heterocycles. The fourth-order valence-corrected chi connectivity index (χ4v) is 2.32. The number of H-pyrrole nitrogens is 1. The van der Waals surface area contributed by atoms with Crippen molar-refractivity contribution in [3.05, 3.63) is 64.4 Å². The van der Waals surface area contributed by atoms with Gasteiger partial charge in [-0.05, 0) is 19.1 Å². The first kappa shape index (κ1) is 16.3. The van der Waals surface area contributed by atoms with Crippen molar-refractivity contribution in [1.82, 2.24) is 20.6 Å². The molecule has 1 aromatic heterocycles. The Balaban J connectivity index is 2.00. The average molecular weight is 336 g/mol. The molecule has 126 valence electrons. The number of aromatic amines is 1. The number of nitrogens with two attached hydrogens (primary N) is 1. The fourth-order valence-electron chi connectivity index (χ4n) is 2.32. The largest absolute Gasteiger partial charge is 0.333 e. The Labute approximate surface area is 143 Å². The van der Waals surface area contributed by atoms with Crippen LogP contribution < -0.4 is 22.1 Å². The van der Waals surface area contributed by atoms with Crippen molar-refractivity contribution in [3.63, 3.8) is 0 Å². The van der Waals surface area contributed by atoms with Crippen LogP contribution in [0.5, 0.6) is 0 Å². The smallest absolute Gasteiger partial charge is 0.306 e. The van der Waals surface area contributed by atoms with Crippen LogP contribution in [0.2, 0.25) is 0 Å². The van der Waals surface area contributed by atoms with E-state index in [0.717, 1.165) is 5.56 Å². The maximum atomic E-state index is 12.4. The van der Waals surface area contributed by atoms with Crippen LogP contribution >= 0.6 is 0 Å². The van der Waals surface area contributed by atoms with Crippen LogP contribution in [0, 0.1) is 6.92 Å². The van der Waals surface area contributed by atoms with E-state index in [1.165, 1.54) is 0 Å². The molecule has 1 heterocycles. The lowest BCUT2D eigenvalue weighted by atomic mass is 10.1. The van der Waals surface area contributed by atoms with Crippen molar-refractivity contribution in [2.75, 3.05) is 5.32 Å². The molecule has 0 aliphatic carbocycles. The molecule has 0 unspecified atom stereocenters. The first-order valence-electron chi connectivity index (χ1n) is 7.49.